The molecule has 4 aromatic carbocycles. The Morgan fingerprint density at radius 1 is 0.522 bits per heavy atom. The van der Waals surface area contributed by atoms with Crippen molar-refractivity contribution < 1.29 is 98.2 Å². The SMILES string of the molecule is CC(=O)N[C@@H]1[C@@H](O)C[C@](OCCCSCCNC(=O)/C=C/C=C/C(=O)NCCSCCCO[C@]2(C(=O)O)C[C@H](O)[C@@H](NC(C)=O)[C@H](C(O)[C@H](O)CNC(=O)c3ccc(-c4ccccc4)cc3)O2)(C(=O)O)O[C@H]1C(O)[C@H](O)CNC(=O)c1ccc(-c2ccccc2)cc1. The number of allylic oxidation sites excluding steroid dienone is 2. The molecule has 12 atom stereocenters. The second kappa shape index (κ2) is 36.6. The number of aliphatic hydroxyl groups is 6. The van der Waals surface area contributed by atoms with Crippen LogP contribution in [-0.2, 0) is 47.7 Å². The zero-order valence-corrected chi connectivity index (χ0v) is 52.3. The molecule has 0 radical (unpaired) electrons. The first kappa shape index (κ1) is 73.5. The summed E-state index contributed by atoms with van der Waals surface area (Å²) >= 11 is 2.83. The summed E-state index contributed by atoms with van der Waals surface area (Å²) in [5.74, 6) is -9.69. The quantitative estimate of drug-likeness (QED) is 0.0174. The number of carboxylic acid groups (broad SMARTS) is 2. The highest BCUT2D eigenvalue weighted by Crippen LogP contribution is 2.36. The van der Waals surface area contributed by atoms with Gasteiger partial charge >= 0.3 is 11.9 Å². The Hall–Kier alpha value is -7.58. The normalized spacial score (nSPS) is 22.7. The molecule has 2 aliphatic rings. The first-order chi connectivity index (χ1) is 44.0. The molecule has 28 heteroatoms. The van der Waals surface area contributed by atoms with Crippen LogP contribution >= 0.6 is 23.5 Å². The van der Waals surface area contributed by atoms with Crippen LogP contribution in [0.15, 0.2) is 133 Å². The molecule has 6 rings (SSSR count). The lowest BCUT2D eigenvalue weighted by Crippen LogP contribution is -2.68. The molecule has 26 nitrogen and oxygen atoms in total. The van der Waals surface area contributed by atoms with Gasteiger partial charge in [0.25, 0.3) is 23.4 Å². The van der Waals surface area contributed by atoms with E-state index in [9.17, 15) is 79.2 Å². The summed E-state index contributed by atoms with van der Waals surface area (Å²) in [6.07, 6.45) is -9.46. The number of aliphatic carboxylic acids is 2. The van der Waals surface area contributed by atoms with Crippen molar-refractivity contribution in [1.82, 2.24) is 31.9 Å². The Kier molecular flexibility index (Phi) is 29.2. The lowest BCUT2D eigenvalue weighted by atomic mass is 9.88. The first-order valence-electron chi connectivity index (χ1n) is 29.7. The Morgan fingerprint density at radius 2 is 0.870 bits per heavy atom. The van der Waals surface area contributed by atoms with E-state index in [-0.39, 0.29) is 37.4 Å². The summed E-state index contributed by atoms with van der Waals surface area (Å²) in [4.78, 5) is 100. The minimum absolute atomic E-state index is 0.181. The van der Waals surface area contributed by atoms with Crippen molar-refractivity contribution in [3.8, 4) is 22.3 Å². The Labute approximate surface area is 539 Å². The number of hydrogen-bond donors (Lipinski definition) is 14. The number of aliphatic hydroxyl groups excluding tert-OH is 6. The summed E-state index contributed by atoms with van der Waals surface area (Å²) in [6.45, 7) is 1.43. The third-order valence-corrected chi connectivity index (χ3v) is 16.8. The van der Waals surface area contributed by atoms with Gasteiger partial charge in [0.15, 0.2) is 0 Å². The second-order valence-corrected chi connectivity index (χ2v) is 24.1. The van der Waals surface area contributed by atoms with E-state index >= 15 is 0 Å². The maximum Gasteiger partial charge on any atom is 0.364 e. The third-order valence-electron chi connectivity index (χ3n) is 14.7. The van der Waals surface area contributed by atoms with Gasteiger partial charge in [0, 0.05) is 87.7 Å². The van der Waals surface area contributed by atoms with Gasteiger partial charge in [-0.1, -0.05) is 97.1 Å². The van der Waals surface area contributed by atoms with E-state index < -0.39 is 146 Å². The fourth-order valence-corrected chi connectivity index (χ4v) is 11.5. The molecule has 2 fully saturated rings. The van der Waals surface area contributed by atoms with Crippen LogP contribution in [0.4, 0.5) is 0 Å². The van der Waals surface area contributed by atoms with Crippen molar-refractivity contribution in [2.75, 3.05) is 62.4 Å². The van der Waals surface area contributed by atoms with Gasteiger partial charge in [-0.2, -0.15) is 23.5 Å². The molecular formula is C64H80N6O20S2. The Morgan fingerprint density at radius 3 is 1.21 bits per heavy atom. The molecular weight excluding hydrogens is 1240 g/mol. The molecule has 2 aliphatic heterocycles. The molecule has 2 saturated heterocycles. The largest absolute Gasteiger partial charge is 0.477 e. The van der Waals surface area contributed by atoms with E-state index in [1.807, 2.05) is 60.7 Å². The smallest absolute Gasteiger partial charge is 0.364 e. The number of nitrogens with one attached hydrogen (secondary N) is 6. The van der Waals surface area contributed by atoms with E-state index in [1.165, 1.54) is 47.8 Å². The highest BCUT2D eigenvalue weighted by atomic mass is 32.2. The highest BCUT2D eigenvalue weighted by molar-refractivity contribution is 7.99. The molecule has 6 amide bonds. The third kappa shape index (κ3) is 22.0. The predicted molar refractivity (Wildman–Crippen MR) is 339 cm³/mol. The monoisotopic (exact) mass is 1320 g/mol. The van der Waals surface area contributed by atoms with Crippen molar-refractivity contribution in [3.05, 3.63) is 145 Å². The molecule has 14 N–H and O–H groups in total. The van der Waals surface area contributed by atoms with E-state index in [0.717, 1.165) is 36.1 Å². The summed E-state index contributed by atoms with van der Waals surface area (Å²) in [5.41, 5.74) is 4.17. The average Bonchev–Trinajstić information content (AvgIpc) is 0.780. The number of ether oxygens (including phenoxy) is 4. The summed E-state index contributed by atoms with van der Waals surface area (Å²) in [6, 6.07) is 29.6. The van der Waals surface area contributed by atoms with Gasteiger partial charge in [-0.05, 0) is 70.9 Å². The minimum Gasteiger partial charge on any atom is -0.477 e. The van der Waals surface area contributed by atoms with E-state index in [0.29, 0.717) is 35.9 Å². The summed E-state index contributed by atoms with van der Waals surface area (Å²) in [7, 11) is 0. The molecule has 0 bridgehead atoms. The van der Waals surface area contributed by atoms with Crippen molar-refractivity contribution in [3.63, 3.8) is 0 Å². The van der Waals surface area contributed by atoms with Gasteiger partial charge in [-0.3, -0.25) is 28.8 Å². The van der Waals surface area contributed by atoms with Crippen LogP contribution in [0.25, 0.3) is 22.3 Å². The number of carbonyl (C=O) groups excluding carboxylic acids is 6. The summed E-state index contributed by atoms with van der Waals surface area (Å²) < 4.78 is 23.1. The van der Waals surface area contributed by atoms with Gasteiger partial charge in [0.2, 0.25) is 23.6 Å². The molecule has 498 valence electrons. The molecule has 0 aromatic heterocycles. The van der Waals surface area contributed by atoms with Crippen molar-refractivity contribution in [2.24, 2.45) is 0 Å². The topological polar surface area (TPSA) is 408 Å². The van der Waals surface area contributed by atoms with Crippen LogP contribution in [0.2, 0.25) is 0 Å². The van der Waals surface area contributed by atoms with Crippen LogP contribution in [0, 0.1) is 0 Å². The number of benzene rings is 4. The van der Waals surface area contributed by atoms with Gasteiger partial charge in [-0.15, -0.1) is 0 Å². The standard InChI is InChI=1S/C64H80N6O20S2/c1-39(71)69-53-47(73)35-63(61(83)84,89-57(53)55(79)49(75)37-67-59(81)45-23-19-43(20-24-45)41-13-5-3-6-14-41)87-29-11-31-91-33-27-65-51(77)17-9-10-18-52(78)66-28-34-92-32-12-30-88-64(62(85)86)36-48(74)54(70-40(2)72)58(90-64)56(80)50(76)38-68-60(82)46-25-21-44(22-26-46)42-15-7-4-8-16-42/h3-10,13-26,47-50,53-58,73-76,79-80H,11-12,27-38H2,1-2H3,(H,65,77)(H,66,78)(H,67,81)(H,68,82)(H,69,71)(H,70,72)(H,83,84)(H,85,86)/b17-9+,18-10+/t47-,48-,49+,50+,53+,54+,55?,56?,57+,58+,63+,64+/m0/s1. The maximum atomic E-state index is 13.0. The van der Waals surface area contributed by atoms with Crippen LogP contribution in [0.3, 0.4) is 0 Å². The van der Waals surface area contributed by atoms with E-state index in [1.54, 1.807) is 48.5 Å². The fourth-order valence-electron chi connectivity index (χ4n) is 9.96. The Balaban J connectivity index is 0.837. The maximum absolute atomic E-state index is 13.0. The average molecular weight is 1320 g/mol. The number of carbonyl (C=O) groups is 8. The zero-order valence-electron chi connectivity index (χ0n) is 50.7. The predicted octanol–water partition coefficient (Wildman–Crippen LogP) is 1.12. The molecule has 0 spiro atoms. The molecule has 0 aliphatic carbocycles. The van der Waals surface area contributed by atoms with Gasteiger partial charge in [0.1, 0.15) is 24.4 Å². The first-order valence-corrected chi connectivity index (χ1v) is 32.0. The Bertz CT molecular complexity index is 2930. The van der Waals surface area contributed by atoms with E-state index in [4.69, 9.17) is 18.9 Å². The minimum atomic E-state index is -2.48. The molecule has 2 heterocycles. The number of rotatable bonds is 35. The second-order valence-electron chi connectivity index (χ2n) is 21.6. The fraction of sp³-hybridized carbons (Fsp3) is 0.438. The van der Waals surface area contributed by atoms with Crippen LogP contribution in [0.1, 0.15) is 60.2 Å². The number of thioether (sulfide) groups is 2. The molecule has 2 unspecified atom stereocenters. The lowest BCUT2D eigenvalue weighted by Gasteiger charge is -2.46. The summed E-state index contributed by atoms with van der Waals surface area (Å²) in [5, 5.41) is 103. The van der Waals surface area contributed by atoms with E-state index in [2.05, 4.69) is 31.9 Å². The number of hydrogen-bond acceptors (Lipinski definition) is 20. The van der Waals surface area contributed by atoms with Crippen molar-refractivity contribution in [1.29, 1.82) is 0 Å². The van der Waals surface area contributed by atoms with Crippen LogP contribution in [-0.4, -0.2) is 223 Å². The van der Waals surface area contributed by atoms with Crippen LogP contribution < -0.4 is 31.9 Å². The lowest BCUT2D eigenvalue weighted by molar-refractivity contribution is -0.310. The number of amides is 6. The molecule has 4 aromatic rings. The van der Waals surface area contributed by atoms with Gasteiger partial charge in [-0.25, -0.2) is 9.59 Å². The molecule has 92 heavy (non-hydrogen) atoms. The van der Waals surface area contributed by atoms with Gasteiger partial charge in [0.05, 0.1) is 49.7 Å². The highest BCUT2D eigenvalue weighted by Gasteiger charge is 2.57. The number of carboxylic acids is 2. The van der Waals surface area contributed by atoms with Crippen LogP contribution in [0.5, 0.6) is 0 Å². The van der Waals surface area contributed by atoms with Gasteiger partial charge < -0.3 is 91.7 Å². The zero-order chi connectivity index (χ0) is 66.8. The van der Waals surface area contributed by atoms with Crippen molar-refractivity contribution in [2.45, 2.75) is 112 Å². The van der Waals surface area contributed by atoms with Crippen molar-refractivity contribution >= 4 is 70.9 Å². The molecule has 0 saturated carbocycles.